The first-order valence-electron chi connectivity index (χ1n) is 4.32. The van der Waals surface area contributed by atoms with Crippen LogP contribution in [0.3, 0.4) is 0 Å². The zero-order valence-corrected chi connectivity index (χ0v) is 10.1. The molecule has 0 spiro atoms. The van der Waals surface area contributed by atoms with E-state index in [0.717, 1.165) is 25.7 Å². The maximum absolute atomic E-state index is 9.37. The molecule has 4 heteroatoms. The fourth-order valence-electron chi connectivity index (χ4n) is 1.27. The van der Waals surface area contributed by atoms with Crippen molar-refractivity contribution in [3.63, 3.8) is 0 Å². The molecule has 0 saturated carbocycles. The second-order valence-corrected chi connectivity index (χ2v) is 3.04. The third-order valence-corrected chi connectivity index (χ3v) is 2.17. The zero-order chi connectivity index (χ0) is 8.32. The molecule has 1 fully saturated rings. The number of unbranched alkanes of at least 4 members (excludes halogenated alkanes) is 1. The van der Waals surface area contributed by atoms with Crippen molar-refractivity contribution in [2.75, 3.05) is 0 Å². The standard InChI is InChI=1S/C8H16O3.Zr/c1-3-5-6-7(4-2)8(9)10-11-8;/h7,9H,3-6H2,1-2H3;. The van der Waals surface area contributed by atoms with Gasteiger partial charge in [-0.2, -0.15) is 9.78 Å². The fraction of sp³-hybridized carbons (Fsp3) is 1.00. The van der Waals surface area contributed by atoms with Gasteiger partial charge in [-0.3, -0.25) is 0 Å². The molecule has 0 aromatic carbocycles. The van der Waals surface area contributed by atoms with Crippen molar-refractivity contribution in [2.45, 2.75) is 45.5 Å². The minimum atomic E-state index is -1.23. The van der Waals surface area contributed by atoms with Gasteiger partial charge in [0.15, 0.2) is 0 Å². The summed E-state index contributed by atoms with van der Waals surface area (Å²) >= 11 is 0. The molecule has 1 atom stereocenters. The van der Waals surface area contributed by atoms with E-state index >= 15 is 0 Å². The van der Waals surface area contributed by atoms with Crippen molar-refractivity contribution in [3.05, 3.63) is 0 Å². The minimum absolute atomic E-state index is 0. The van der Waals surface area contributed by atoms with Crippen LogP contribution in [0.4, 0.5) is 0 Å². The summed E-state index contributed by atoms with van der Waals surface area (Å²) in [6.45, 7) is 4.16. The summed E-state index contributed by atoms with van der Waals surface area (Å²) in [5, 5.41) is 9.37. The molecule has 1 saturated heterocycles. The molecule has 3 nitrogen and oxygen atoms in total. The molecule has 1 unspecified atom stereocenters. The first kappa shape index (κ1) is 12.8. The summed E-state index contributed by atoms with van der Waals surface area (Å²) < 4.78 is 0. The summed E-state index contributed by atoms with van der Waals surface area (Å²) in [5.74, 6) is -1.09. The Morgan fingerprint density at radius 3 is 2.25 bits per heavy atom. The van der Waals surface area contributed by atoms with Gasteiger partial charge < -0.3 is 5.11 Å². The SMILES string of the molecule is CCCCC(CC)C1(O)OO1.[Zr]. The van der Waals surface area contributed by atoms with E-state index in [4.69, 9.17) is 0 Å². The molecule has 1 rings (SSSR count). The van der Waals surface area contributed by atoms with Crippen molar-refractivity contribution in [1.82, 2.24) is 0 Å². The van der Waals surface area contributed by atoms with Gasteiger partial charge in [-0.25, -0.2) is 0 Å². The smallest absolute Gasteiger partial charge is 0.339 e. The average molecular weight is 251 g/mol. The second kappa shape index (κ2) is 5.48. The van der Waals surface area contributed by atoms with Gasteiger partial charge in [0.25, 0.3) is 0 Å². The topological polar surface area (TPSA) is 45.3 Å². The molecule has 0 aliphatic carbocycles. The Kier molecular flexibility index (Phi) is 5.83. The Morgan fingerprint density at radius 1 is 1.33 bits per heavy atom. The van der Waals surface area contributed by atoms with Crippen molar-refractivity contribution < 1.29 is 41.1 Å². The summed E-state index contributed by atoms with van der Waals surface area (Å²) in [7, 11) is 0. The van der Waals surface area contributed by atoms with Gasteiger partial charge in [-0.1, -0.05) is 26.7 Å². The number of hydrogen-bond donors (Lipinski definition) is 1. The Labute approximate surface area is 92.5 Å². The molecule has 0 radical (unpaired) electrons. The van der Waals surface area contributed by atoms with Crippen LogP contribution < -0.4 is 0 Å². The predicted molar refractivity (Wildman–Crippen MR) is 40.4 cm³/mol. The van der Waals surface area contributed by atoms with Crippen LogP contribution >= 0.6 is 0 Å². The zero-order valence-electron chi connectivity index (χ0n) is 7.67. The maximum atomic E-state index is 9.37. The maximum Gasteiger partial charge on any atom is 0.340 e. The van der Waals surface area contributed by atoms with Crippen LogP contribution in [-0.4, -0.2) is 11.1 Å². The number of aliphatic hydroxyl groups is 1. The molecule has 0 amide bonds. The molecular weight excluding hydrogens is 235 g/mol. The fourth-order valence-corrected chi connectivity index (χ4v) is 1.27. The molecule has 0 aromatic rings. The summed E-state index contributed by atoms with van der Waals surface area (Å²) in [6.07, 6.45) is 4.14. The molecular formula is C8H16O3Zr. The molecule has 0 aromatic heterocycles. The normalized spacial score (nSPS) is 21.2. The van der Waals surface area contributed by atoms with E-state index in [9.17, 15) is 5.11 Å². The van der Waals surface area contributed by atoms with Gasteiger partial charge >= 0.3 is 5.97 Å². The first-order chi connectivity index (χ1) is 5.23. The van der Waals surface area contributed by atoms with E-state index in [1.807, 2.05) is 6.92 Å². The molecule has 1 heterocycles. The van der Waals surface area contributed by atoms with Crippen molar-refractivity contribution >= 4 is 0 Å². The van der Waals surface area contributed by atoms with Gasteiger partial charge in [0.1, 0.15) is 0 Å². The molecule has 1 N–H and O–H groups in total. The summed E-state index contributed by atoms with van der Waals surface area (Å²) in [6, 6.07) is 0. The third kappa shape index (κ3) is 3.25. The van der Waals surface area contributed by atoms with E-state index in [1.165, 1.54) is 0 Å². The first-order valence-corrected chi connectivity index (χ1v) is 4.32. The minimum Gasteiger partial charge on any atom is -0.339 e. The van der Waals surface area contributed by atoms with Gasteiger partial charge in [-0.15, -0.1) is 0 Å². The quantitative estimate of drug-likeness (QED) is 0.599. The van der Waals surface area contributed by atoms with Crippen LogP contribution in [0, 0.1) is 5.92 Å². The van der Waals surface area contributed by atoms with E-state index in [0.29, 0.717) is 0 Å². The van der Waals surface area contributed by atoms with Gasteiger partial charge in [0.05, 0.1) is 0 Å². The molecule has 1 aliphatic heterocycles. The molecule has 0 bridgehead atoms. The van der Waals surface area contributed by atoms with E-state index in [1.54, 1.807) is 0 Å². The number of hydrogen-bond acceptors (Lipinski definition) is 3. The monoisotopic (exact) mass is 250 g/mol. The summed E-state index contributed by atoms with van der Waals surface area (Å²) in [4.78, 5) is 9.00. The van der Waals surface area contributed by atoms with Crippen LogP contribution in [0.25, 0.3) is 0 Å². The van der Waals surface area contributed by atoms with Gasteiger partial charge in [0, 0.05) is 32.1 Å². The molecule has 70 valence electrons. The second-order valence-electron chi connectivity index (χ2n) is 3.04. The van der Waals surface area contributed by atoms with Crippen LogP contribution in [0.15, 0.2) is 0 Å². The predicted octanol–water partition coefficient (Wildman–Crippen LogP) is 1.81. The third-order valence-electron chi connectivity index (χ3n) is 2.17. The van der Waals surface area contributed by atoms with Crippen molar-refractivity contribution in [3.8, 4) is 0 Å². The van der Waals surface area contributed by atoms with Gasteiger partial charge in [0.2, 0.25) is 0 Å². The average Bonchev–Trinajstić information content (AvgIpc) is 2.71. The van der Waals surface area contributed by atoms with Crippen LogP contribution in [0.1, 0.15) is 39.5 Å². The summed E-state index contributed by atoms with van der Waals surface area (Å²) in [5.41, 5.74) is 0. The van der Waals surface area contributed by atoms with E-state index in [-0.39, 0.29) is 32.1 Å². The van der Waals surface area contributed by atoms with E-state index < -0.39 is 5.97 Å². The van der Waals surface area contributed by atoms with Crippen molar-refractivity contribution in [1.29, 1.82) is 0 Å². The Bertz CT molecular complexity index is 125. The van der Waals surface area contributed by atoms with Crippen molar-refractivity contribution in [2.24, 2.45) is 5.92 Å². The molecule has 1 aliphatic rings. The Morgan fingerprint density at radius 2 is 1.92 bits per heavy atom. The number of rotatable bonds is 5. The van der Waals surface area contributed by atoms with Crippen LogP contribution in [-0.2, 0) is 36.0 Å². The van der Waals surface area contributed by atoms with Crippen LogP contribution in [0.2, 0.25) is 0 Å². The molecule has 12 heavy (non-hydrogen) atoms. The largest absolute Gasteiger partial charge is 0.340 e. The Balaban J connectivity index is 0.00000121. The van der Waals surface area contributed by atoms with E-state index in [2.05, 4.69) is 16.7 Å². The van der Waals surface area contributed by atoms with Gasteiger partial charge in [-0.05, 0) is 12.8 Å². The Hall–Kier alpha value is 0.763. The van der Waals surface area contributed by atoms with Crippen LogP contribution in [0.5, 0.6) is 0 Å².